The van der Waals surface area contributed by atoms with Crippen LogP contribution in [-0.4, -0.2) is 17.3 Å². The van der Waals surface area contributed by atoms with Crippen LogP contribution in [0.1, 0.15) is 37.2 Å². The second-order valence-corrected chi connectivity index (χ2v) is 4.95. The van der Waals surface area contributed by atoms with Gasteiger partial charge >= 0.3 is 0 Å². The van der Waals surface area contributed by atoms with Gasteiger partial charge < -0.3 is 15.0 Å². The van der Waals surface area contributed by atoms with Crippen molar-refractivity contribution in [1.29, 1.82) is 0 Å². The predicted octanol–water partition coefficient (Wildman–Crippen LogP) is 2.19. The molecule has 0 amide bonds. The maximum atomic E-state index is 6.12. The van der Waals surface area contributed by atoms with Gasteiger partial charge in [-0.05, 0) is 19.4 Å². The van der Waals surface area contributed by atoms with E-state index >= 15 is 0 Å². The van der Waals surface area contributed by atoms with Crippen LogP contribution >= 0.6 is 0 Å². The molecule has 0 fully saturated rings. The Bertz CT molecular complexity index is 522. The minimum absolute atomic E-state index is 0.153. The summed E-state index contributed by atoms with van der Waals surface area (Å²) in [6, 6.07) is 9.70. The molecular formula is C14H19N3O2. The van der Waals surface area contributed by atoms with E-state index in [1.54, 1.807) is 7.11 Å². The monoisotopic (exact) mass is 261 g/mol. The Kier molecular flexibility index (Phi) is 3.97. The number of hydrogen-bond acceptors (Lipinski definition) is 5. The Hall–Kier alpha value is -1.72. The Morgan fingerprint density at radius 3 is 2.63 bits per heavy atom. The molecule has 1 atom stereocenters. The van der Waals surface area contributed by atoms with Crippen LogP contribution < -0.4 is 5.73 Å². The van der Waals surface area contributed by atoms with E-state index in [4.69, 9.17) is 15.0 Å². The molecule has 0 aliphatic carbocycles. The molecule has 19 heavy (non-hydrogen) atoms. The van der Waals surface area contributed by atoms with Crippen LogP contribution in [0, 0.1) is 0 Å². The highest BCUT2D eigenvalue weighted by Gasteiger charge is 2.26. The fourth-order valence-corrected chi connectivity index (χ4v) is 1.68. The summed E-state index contributed by atoms with van der Waals surface area (Å²) >= 11 is 0. The SMILES string of the molecule is COC(C)(C)c1noc(CC(N)c2ccccc2)n1. The van der Waals surface area contributed by atoms with Gasteiger partial charge in [0.1, 0.15) is 5.60 Å². The molecule has 1 heterocycles. The van der Waals surface area contributed by atoms with Crippen LogP contribution in [0.15, 0.2) is 34.9 Å². The summed E-state index contributed by atoms with van der Waals surface area (Å²) in [5.74, 6) is 1.06. The lowest BCUT2D eigenvalue weighted by Gasteiger charge is -2.17. The van der Waals surface area contributed by atoms with Gasteiger partial charge in [0.05, 0.1) is 0 Å². The van der Waals surface area contributed by atoms with E-state index in [2.05, 4.69) is 10.1 Å². The molecule has 2 rings (SSSR count). The lowest BCUT2D eigenvalue weighted by molar-refractivity contribution is 0.00973. The predicted molar refractivity (Wildman–Crippen MR) is 71.4 cm³/mol. The van der Waals surface area contributed by atoms with Crippen LogP contribution in [0.5, 0.6) is 0 Å². The average molecular weight is 261 g/mol. The van der Waals surface area contributed by atoms with Gasteiger partial charge in [0.25, 0.3) is 0 Å². The summed E-state index contributed by atoms with van der Waals surface area (Å²) < 4.78 is 10.5. The lowest BCUT2D eigenvalue weighted by atomic mass is 10.1. The molecule has 1 unspecified atom stereocenters. The van der Waals surface area contributed by atoms with Crippen LogP contribution in [0.3, 0.4) is 0 Å². The van der Waals surface area contributed by atoms with E-state index < -0.39 is 5.60 Å². The van der Waals surface area contributed by atoms with E-state index in [9.17, 15) is 0 Å². The molecule has 0 aliphatic heterocycles. The summed E-state index contributed by atoms with van der Waals surface area (Å²) in [7, 11) is 1.62. The maximum absolute atomic E-state index is 6.12. The normalized spacial score (nSPS) is 13.5. The first-order valence-electron chi connectivity index (χ1n) is 6.21. The minimum atomic E-state index is -0.557. The molecule has 2 aromatic rings. The number of ether oxygens (including phenoxy) is 1. The van der Waals surface area contributed by atoms with Gasteiger partial charge in [-0.25, -0.2) is 0 Å². The first-order chi connectivity index (χ1) is 9.03. The molecule has 0 aliphatic rings. The first-order valence-corrected chi connectivity index (χ1v) is 6.21. The van der Waals surface area contributed by atoms with Crippen molar-refractivity contribution in [1.82, 2.24) is 10.1 Å². The molecule has 2 N–H and O–H groups in total. The highest BCUT2D eigenvalue weighted by atomic mass is 16.5. The van der Waals surface area contributed by atoms with Crippen LogP contribution in [-0.2, 0) is 16.8 Å². The van der Waals surface area contributed by atoms with Crippen molar-refractivity contribution in [2.45, 2.75) is 31.9 Å². The van der Waals surface area contributed by atoms with Crippen LogP contribution in [0.25, 0.3) is 0 Å². The highest BCUT2D eigenvalue weighted by Crippen LogP contribution is 2.22. The van der Waals surface area contributed by atoms with E-state index in [0.29, 0.717) is 18.1 Å². The Labute approximate surface area is 112 Å². The molecule has 0 radical (unpaired) electrons. The van der Waals surface area contributed by atoms with Crippen LogP contribution in [0.2, 0.25) is 0 Å². The summed E-state index contributed by atoms with van der Waals surface area (Å²) in [5.41, 5.74) is 6.61. The molecule has 0 saturated carbocycles. The number of aromatic nitrogens is 2. The van der Waals surface area contributed by atoms with E-state index in [1.807, 2.05) is 44.2 Å². The maximum Gasteiger partial charge on any atom is 0.228 e. The van der Waals surface area contributed by atoms with Gasteiger partial charge in [0.15, 0.2) is 0 Å². The van der Waals surface area contributed by atoms with Gasteiger partial charge in [0, 0.05) is 19.6 Å². The number of nitrogens with zero attached hydrogens (tertiary/aromatic N) is 2. The molecule has 1 aromatic carbocycles. The number of hydrogen-bond donors (Lipinski definition) is 1. The van der Waals surface area contributed by atoms with E-state index in [1.165, 1.54) is 0 Å². The van der Waals surface area contributed by atoms with Gasteiger partial charge in [-0.2, -0.15) is 4.98 Å². The third-order valence-electron chi connectivity index (χ3n) is 3.14. The van der Waals surface area contributed by atoms with Crippen molar-refractivity contribution in [3.05, 3.63) is 47.6 Å². The van der Waals surface area contributed by atoms with E-state index in [-0.39, 0.29) is 6.04 Å². The van der Waals surface area contributed by atoms with Gasteiger partial charge in [-0.15, -0.1) is 0 Å². The number of methoxy groups -OCH3 is 1. The van der Waals surface area contributed by atoms with Crippen molar-refractivity contribution in [2.75, 3.05) is 7.11 Å². The van der Waals surface area contributed by atoms with Crippen molar-refractivity contribution >= 4 is 0 Å². The molecule has 1 aromatic heterocycles. The first kappa shape index (κ1) is 13.7. The largest absolute Gasteiger partial charge is 0.371 e. The molecule has 5 heteroatoms. The van der Waals surface area contributed by atoms with E-state index in [0.717, 1.165) is 5.56 Å². The Morgan fingerprint density at radius 1 is 1.32 bits per heavy atom. The molecule has 5 nitrogen and oxygen atoms in total. The van der Waals surface area contributed by atoms with Crippen molar-refractivity contribution in [3.63, 3.8) is 0 Å². The summed E-state index contributed by atoms with van der Waals surface area (Å²) in [5, 5.41) is 3.94. The lowest BCUT2D eigenvalue weighted by Crippen LogP contribution is -2.21. The van der Waals surface area contributed by atoms with Crippen LogP contribution in [0.4, 0.5) is 0 Å². The number of rotatable bonds is 5. The third-order valence-corrected chi connectivity index (χ3v) is 3.14. The van der Waals surface area contributed by atoms with Gasteiger partial charge in [-0.3, -0.25) is 0 Å². The van der Waals surface area contributed by atoms with Crippen molar-refractivity contribution in [2.24, 2.45) is 5.73 Å². The topological polar surface area (TPSA) is 74.2 Å². The zero-order chi connectivity index (χ0) is 13.9. The molecular weight excluding hydrogens is 242 g/mol. The molecule has 0 saturated heterocycles. The Morgan fingerprint density at radius 2 is 2.00 bits per heavy atom. The molecule has 0 spiro atoms. The summed E-state index contributed by atoms with van der Waals surface area (Å²) in [6.07, 6.45) is 0.511. The third kappa shape index (κ3) is 3.19. The number of nitrogens with two attached hydrogens (primary N) is 1. The van der Waals surface area contributed by atoms with Gasteiger partial charge in [0.2, 0.25) is 11.7 Å². The second-order valence-electron chi connectivity index (χ2n) is 4.95. The minimum Gasteiger partial charge on any atom is -0.371 e. The van der Waals surface area contributed by atoms with Crippen molar-refractivity contribution in [3.8, 4) is 0 Å². The quantitative estimate of drug-likeness (QED) is 0.893. The zero-order valence-electron chi connectivity index (χ0n) is 11.5. The second kappa shape index (κ2) is 5.50. The smallest absolute Gasteiger partial charge is 0.228 e. The summed E-state index contributed by atoms with van der Waals surface area (Å²) in [6.45, 7) is 3.78. The number of benzene rings is 1. The van der Waals surface area contributed by atoms with Gasteiger partial charge in [-0.1, -0.05) is 35.5 Å². The molecule has 0 bridgehead atoms. The zero-order valence-corrected chi connectivity index (χ0v) is 11.5. The summed E-state index contributed by atoms with van der Waals surface area (Å²) in [4.78, 5) is 4.34. The highest BCUT2D eigenvalue weighted by molar-refractivity contribution is 5.19. The van der Waals surface area contributed by atoms with Crippen molar-refractivity contribution < 1.29 is 9.26 Å². The molecule has 102 valence electrons. The fourth-order valence-electron chi connectivity index (χ4n) is 1.68. The fraction of sp³-hybridized carbons (Fsp3) is 0.429. The standard InChI is InChI=1S/C14H19N3O2/c1-14(2,18-3)13-16-12(19-17-13)9-11(15)10-7-5-4-6-8-10/h4-8,11H,9,15H2,1-3H3. The average Bonchev–Trinajstić information content (AvgIpc) is 2.89. The Balaban J connectivity index is 2.09.